The molecule has 7 rings (SSSR count). The van der Waals surface area contributed by atoms with E-state index in [4.69, 9.17) is 43.4 Å². The molecule has 0 saturated heterocycles. The Labute approximate surface area is 419 Å². The van der Waals surface area contributed by atoms with Crippen LogP contribution in [0.15, 0.2) is 0 Å². The molecular weight excluding hydrogens is 1070 g/mol. The van der Waals surface area contributed by atoms with Gasteiger partial charge in [-0.1, -0.05) is 6.92 Å². The fourth-order valence-corrected chi connectivity index (χ4v) is 8.33. The lowest BCUT2D eigenvalue weighted by Gasteiger charge is -2.43. The molecule has 16 N–H and O–H groups in total. The van der Waals surface area contributed by atoms with Gasteiger partial charge in [-0.3, -0.25) is 14.4 Å². The lowest BCUT2D eigenvalue weighted by Crippen LogP contribution is -2.63. The third-order valence-corrected chi connectivity index (χ3v) is 12.1. The fourth-order valence-electron chi connectivity index (χ4n) is 8.26. The highest BCUT2D eigenvalue weighted by molar-refractivity contribution is 7.80. The van der Waals surface area contributed by atoms with Gasteiger partial charge in [-0.2, -0.15) is 0 Å². The summed E-state index contributed by atoms with van der Waals surface area (Å²) >= 11 is 4.46. The van der Waals surface area contributed by atoms with Gasteiger partial charge in [0.15, 0.2) is 10.7 Å². The maximum absolute atomic E-state index is 12.6. The van der Waals surface area contributed by atoms with Crippen molar-refractivity contribution in [3.05, 3.63) is 0 Å². The minimum atomic E-state index is -2.95. The number of halogens is 14. The molecule has 0 radical (unpaired) electrons. The second-order valence-corrected chi connectivity index (χ2v) is 20.4. The van der Waals surface area contributed by atoms with E-state index in [1.807, 2.05) is 0 Å². The zero-order valence-corrected chi connectivity index (χ0v) is 41.2. The Hall–Kier alpha value is -3.73. The molecule has 74 heavy (non-hydrogen) atoms. The molecule has 7 aliphatic rings. The number of thiocarbonyl (C=S) groups is 1. The van der Waals surface area contributed by atoms with Gasteiger partial charge in [0.2, 0.25) is 11.5 Å². The summed E-state index contributed by atoms with van der Waals surface area (Å²) in [5, 5.41) is 47.6. The summed E-state index contributed by atoms with van der Waals surface area (Å²) < 4.78 is 184. The van der Waals surface area contributed by atoms with E-state index in [0.29, 0.717) is 6.42 Å². The quantitative estimate of drug-likeness (QED) is 0.0684. The van der Waals surface area contributed by atoms with Crippen LogP contribution in [0.25, 0.3) is 0 Å². The number of hydrogen-bond donors (Lipinski definition) is 11. The van der Waals surface area contributed by atoms with Crippen LogP contribution in [0, 0.1) is 0 Å². The van der Waals surface area contributed by atoms with Crippen LogP contribution >= 0.6 is 12.2 Å². The molecule has 434 valence electrons. The largest absolute Gasteiger partial charge is 0.468 e. The minimum Gasteiger partial charge on any atom is -0.468 e. The number of nitrogens with one attached hydrogen (secondary N) is 1. The van der Waals surface area contributed by atoms with Gasteiger partial charge in [0.25, 0.3) is 41.5 Å². The van der Waals surface area contributed by atoms with Crippen LogP contribution in [0.2, 0.25) is 0 Å². The van der Waals surface area contributed by atoms with Crippen molar-refractivity contribution in [3.63, 3.8) is 0 Å². The van der Waals surface area contributed by atoms with Crippen LogP contribution in [0.4, 0.5) is 61.5 Å². The summed E-state index contributed by atoms with van der Waals surface area (Å²) in [5.41, 5.74) is 14.9. The molecule has 1 amide bonds. The zero-order valence-electron chi connectivity index (χ0n) is 40.4. The Morgan fingerprint density at radius 3 is 1.00 bits per heavy atom. The molecule has 0 aromatic rings. The zero-order chi connectivity index (χ0) is 58.4. The number of esters is 3. The van der Waals surface area contributed by atoms with Crippen molar-refractivity contribution in [1.29, 1.82) is 0 Å². The molecule has 0 spiro atoms. The van der Waals surface area contributed by atoms with Crippen molar-refractivity contribution in [2.45, 2.75) is 191 Å². The average molecular weight is 1130 g/mol. The van der Waals surface area contributed by atoms with Crippen LogP contribution in [-0.4, -0.2) is 169 Å². The summed E-state index contributed by atoms with van der Waals surface area (Å²) in [5.74, 6) is -22.9. The van der Waals surface area contributed by atoms with Gasteiger partial charge in [-0.25, -0.2) is 66.3 Å². The van der Waals surface area contributed by atoms with E-state index in [0.717, 1.165) is 21.1 Å². The molecule has 0 aromatic heterocycles. The Morgan fingerprint density at radius 1 is 0.514 bits per heavy atom. The highest BCUT2D eigenvalue weighted by Gasteiger charge is 2.65. The van der Waals surface area contributed by atoms with E-state index in [2.05, 4.69) is 37.5 Å². The summed E-state index contributed by atoms with van der Waals surface area (Å²) in [6, 6.07) is 0. The number of methoxy groups -OCH3 is 2. The van der Waals surface area contributed by atoms with Crippen molar-refractivity contribution >= 4 is 41.1 Å². The molecule has 7 saturated carbocycles. The topological polar surface area (TPSA) is 339 Å². The number of hydrogen-bond acceptors (Lipinski definition) is 16. The summed E-state index contributed by atoms with van der Waals surface area (Å²) in [4.78, 5) is 42.7. The van der Waals surface area contributed by atoms with E-state index in [9.17, 15) is 85.8 Å². The number of carbonyl (C=O) groups is 4. The third kappa shape index (κ3) is 20.7. The Balaban J connectivity index is 0.000000434. The van der Waals surface area contributed by atoms with Crippen LogP contribution in [0.3, 0.4) is 0 Å². The van der Waals surface area contributed by atoms with Crippen molar-refractivity contribution in [3.8, 4) is 0 Å². The molecule has 0 bridgehead atoms. The molecule has 0 aromatic carbocycles. The number of amides is 1. The fraction of sp³-hybridized carbons (Fsp3) is 0.878. The molecule has 7 fully saturated rings. The number of ether oxygens (including phenoxy) is 3. The van der Waals surface area contributed by atoms with Gasteiger partial charge < -0.3 is 73.7 Å². The van der Waals surface area contributed by atoms with E-state index in [1.54, 1.807) is 6.92 Å². The number of aliphatic hydroxyl groups is 5. The van der Waals surface area contributed by atoms with Crippen molar-refractivity contribution in [2.75, 3.05) is 33.9 Å². The van der Waals surface area contributed by atoms with Crippen LogP contribution < -0.4 is 34.0 Å². The lowest BCUT2D eigenvalue weighted by atomic mass is 9.74. The van der Waals surface area contributed by atoms with E-state index in [-0.39, 0.29) is 37.6 Å². The number of nitrogens with two attached hydrogens (primary N) is 5. The maximum atomic E-state index is 12.6. The van der Waals surface area contributed by atoms with E-state index in [1.165, 1.54) is 0 Å². The minimum absolute atomic E-state index is 0.00206. The van der Waals surface area contributed by atoms with Gasteiger partial charge in [0.1, 0.15) is 5.54 Å². The van der Waals surface area contributed by atoms with E-state index < -0.39 is 181 Å². The first-order chi connectivity index (χ1) is 32.8. The second kappa shape index (κ2) is 23.5. The number of alkyl halides is 14. The van der Waals surface area contributed by atoms with Gasteiger partial charge in [-0.05, 0) is 18.6 Å². The van der Waals surface area contributed by atoms with Crippen molar-refractivity contribution < 1.29 is 120 Å². The first kappa shape index (κ1) is 68.3. The first-order valence-corrected chi connectivity index (χ1v) is 22.4. The summed E-state index contributed by atoms with van der Waals surface area (Å²) in [6.45, 7) is 2.64. The molecule has 0 aliphatic heterocycles. The van der Waals surface area contributed by atoms with Gasteiger partial charge in [-0.15, -0.1) is 0 Å². The molecule has 7 aliphatic carbocycles. The molecule has 33 heteroatoms. The summed E-state index contributed by atoms with van der Waals surface area (Å²) in [7, 11) is 2.19. The molecular formula is C41H64F14N6O12S. The summed E-state index contributed by atoms with van der Waals surface area (Å²) in [6.07, 6.45) is -7.69. The number of primary amides is 1. The third-order valence-electron chi connectivity index (χ3n) is 12.0. The Kier molecular flexibility index (Phi) is 21.7. The van der Waals surface area contributed by atoms with E-state index >= 15 is 0 Å². The van der Waals surface area contributed by atoms with Gasteiger partial charge in [0.05, 0.1) is 49.5 Å². The molecule has 18 nitrogen and oxygen atoms in total. The first-order valence-electron chi connectivity index (χ1n) is 22.0. The molecule has 0 atom stereocenters. The second-order valence-electron chi connectivity index (χ2n) is 20.0. The molecule has 0 unspecified atom stereocenters. The van der Waals surface area contributed by atoms with Gasteiger partial charge in [0, 0.05) is 104 Å². The monoisotopic (exact) mass is 1130 g/mol. The lowest BCUT2D eigenvalue weighted by molar-refractivity contribution is -0.234. The van der Waals surface area contributed by atoms with Gasteiger partial charge >= 0.3 is 17.9 Å². The van der Waals surface area contributed by atoms with Crippen molar-refractivity contribution in [1.82, 2.24) is 5.32 Å². The maximum Gasteiger partial charge on any atom is 0.350 e. The Bertz CT molecular complexity index is 1870. The predicted octanol–water partition coefficient (Wildman–Crippen LogP) is 2.56. The van der Waals surface area contributed by atoms with Crippen molar-refractivity contribution in [2.24, 2.45) is 28.7 Å². The molecule has 0 heterocycles. The normalized spacial score (nSPS) is 26.2. The number of carbonyl (C=O) groups excluding carboxylic acids is 4. The number of rotatable bonds is 9. The van der Waals surface area contributed by atoms with Crippen LogP contribution in [-0.2, 0) is 33.4 Å². The van der Waals surface area contributed by atoms with Crippen LogP contribution in [0.5, 0.6) is 0 Å². The predicted molar refractivity (Wildman–Crippen MR) is 232 cm³/mol. The Morgan fingerprint density at radius 2 is 0.811 bits per heavy atom. The highest BCUT2D eigenvalue weighted by Crippen LogP contribution is 2.50. The average Bonchev–Trinajstić information content (AvgIpc) is 3.15. The standard InChI is InChI=1S/C8H10F2O4.C6H10F2N2OS.C6H9F2NO2.C6H10F2O.C5H7F2NO2.2C5H9F2NO/c1-5(11)14-7(6(12)13-2)3-8(9,10)4-7;7-6(8)1-5(11,2-6)3-10-4(9)12;1-11-4(10)5(9)2-6(7,8)3-5;1-2-5(9)3-6(7,8)4-5;6-5(7)1-4(10,2-5)3(8)9;2*6-5(7)1-4(9,2-5)3-8/h3-4H2,1-2H3;11H,1-3H2,(H3,9,10,12);2-3,9H2,1H3;9H,2-4H2,1H3;10H,1-2H2,(H2,8,9);2*9H,1-3,8H2. The smallest absolute Gasteiger partial charge is 0.350 e. The highest BCUT2D eigenvalue weighted by atomic mass is 32.1. The van der Waals surface area contributed by atoms with Crippen LogP contribution in [0.1, 0.15) is 110 Å². The SMILES string of the molecule is CCC1(O)CC(F)(F)C1.COC(=O)C1(N)CC(F)(F)C1.COC(=O)C1(OC(C)=O)CC(F)(F)C1.NC(=O)C1(O)CC(F)(F)C1.NC(=S)NCC1(O)CC(F)(F)C1.NCC1(O)CC(F)(F)C1.NCC1(O)CC(F)(F)C1.